The molecule has 48 heavy (non-hydrogen) atoms. The SMILES string of the molecule is COc1cc(C(=O)N(C)c2ccc(OCc3ccccc3CC(=O)N3CCC(N(C)C)CC3)cc2)ccc1NC(=O)c1ccccc1O. The Morgan fingerprint density at radius 3 is 2.21 bits per heavy atom. The Morgan fingerprint density at radius 2 is 1.54 bits per heavy atom. The molecule has 1 aliphatic heterocycles. The topological polar surface area (TPSA) is 112 Å². The van der Waals surface area contributed by atoms with Crippen molar-refractivity contribution in [3.05, 3.63) is 113 Å². The number of nitrogens with one attached hydrogen (secondary N) is 1. The van der Waals surface area contributed by atoms with Gasteiger partial charge in [-0.15, -0.1) is 0 Å². The highest BCUT2D eigenvalue weighted by Gasteiger charge is 2.24. The molecule has 2 N–H and O–H groups in total. The minimum Gasteiger partial charge on any atom is -0.507 e. The number of anilines is 2. The highest BCUT2D eigenvalue weighted by atomic mass is 16.5. The molecule has 3 amide bonds. The minimum atomic E-state index is -0.502. The van der Waals surface area contributed by atoms with Crippen molar-refractivity contribution in [2.24, 2.45) is 0 Å². The molecule has 10 nitrogen and oxygen atoms in total. The predicted octanol–water partition coefficient (Wildman–Crippen LogP) is 5.60. The van der Waals surface area contributed by atoms with Crippen LogP contribution >= 0.6 is 0 Å². The van der Waals surface area contributed by atoms with Crippen molar-refractivity contribution >= 4 is 29.1 Å². The summed E-state index contributed by atoms with van der Waals surface area (Å²) in [4.78, 5) is 44.9. The number of amides is 3. The third-order valence-electron chi connectivity index (χ3n) is 8.78. The number of rotatable bonds is 11. The van der Waals surface area contributed by atoms with E-state index in [4.69, 9.17) is 9.47 Å². The molecule has 0 spiro atoms. The number of piperidine rings is 1. The molecule has 250 valence electrons. The van der Waals surface area contributed by atoms with Crippen LogP contribution in [0.3, 0.4) is 0 Å². The molecule has 0 aliphatic carbocycles. The van der Waals surface area contributed by atoms with Gasteiger partial charge in [-0.05, 0) is 92.7 Å². The van der Waals surface area contributed by atoms with Gasteiger partial charge in [-0.1, -0.05) is 36.4 Å². The van der Waals surface area contributed by atoms with E-state index in [9.17, 15) is 19.5 Å². The normalized spacial score (nSPS) is 13.2. The lowest BCUT2D eigenvalue weighted by molar-refractivity contribution is -0.131. The van der Waals surface area contributed by atoms with E-state index in [-0.39, 0.29) is 23.1 Å². The lowest BCUT2D eigenvalue weighted by Crippen LogP contribution is -2.45. The van der Waals surface area contributed by atoms with Gasteiger partial charge in [0.05, 0.1) is 24.8 Å². The van der Waals surface area contributed by atoms with Gasteiger partial charge < -0.3 is 34.6 Å². The van der Waals surface area contributed by atoms with Crippen LogP contribution in [-0.4, -0.2) is 80.0 Å². The van der Waals surface area contributed by atoms with Gasteiger partial charge in [0.25, 0.3) is 11.8 Å². The Hall–Kier alpha value is -5.35. The fourth-order valence-electron chi connectivity index (χ4n) is 5.80. The van der Waals surface area contributed by atoms with Crippen LogP contribution in [0.5, 0.6) is 17.2 Å². The third-order valence-corrected chi connectivity index (χ3v) is 8.78. The summed E-state index contributed by atoms with van der Waals surface area (Å²) in [5, 5.41) is 12.7. The van der Waals surface area contributed by atoms with Crippen molar-refractivity contribution in [2.75, 3.05) is 51.6 Å². The zero-order chi connectivity index (χ0) is 34.2. The molecule has 4 aromatic carbocycles. The van der Waals surface area contributed by atoms with Crippen molar-refractivity contribution in [3.63, 3.8) is 0 Å². The van der Waals surface area contributed by atoms with Gasteiger partial charge in [-0.25, -0.2) is 0 Å². The maximum atomic E-state index is 13.4. The summed E-state index contributed by atoms with van der Waals surface area (Å²) >= 11 is 0. The van der Waals surface area contributed by atoms with Gasteiger partial charge >= 0.3 is 0 Å². The second-order valence-electron chi connectivity index (χ2n) is 12.1. The molecule has 0 unspecified atom stereocenters. The second kappa shape index (κ2) is 15.5. The Morgan fingerprint density at radius 1 is 0.875 bits per heavy atom. The summed E-state index contributed by atoms with van der Waals surface area (Å²) in [5.74, 6) is 0.168. The number of aromatic hydroxyl groups is 1. The van der Waals surface area contributed by atoms with Crippen LogP contribution in [0.2, 0.25) is 0 Å². The molecular weight excluding hydrogens is 608 g/mol. The van der Waals surface area contributed by atoms with Crippen LogP contribution in [0.1, 0.15) is 44.7 Å². The highest BCUT2D eigenvalue weighted by Crippen LogP contribution is 2.29. The number of phenolic OH excluding ortho intramolecular Hbond substituents is 1. The number of phenols is 1. The lowest BCUT2D eigenvalue weighted by Gasteiger charge is -2.35. The van der Waals surface area contributed by atoms with E-state index in [0.717, 1.165) is 37.1 Å². The van der Waals surface area contributed by atoms with Crippen LogP contribution in [0.4, 0.5) is 11.4 Å². The van der Waals surface area contributed by atoms with E-state index >= 15 is 0 Å². The first-order valence-electron chi connectivity index (χ1n) is 15.9. The van der Waals surface area contributed by atoms with E-state index in [1.165, 1.54) is 24.1 Å². The summed E-state index contributed by atoms with van der Waals surface area (Å²) in [6, 6.07) is 26.6. The quantitative estimate of drug-likeness (QED) is 0.217. The number of nitrogens with zero attached hydrogens (tertiary/aromatic N) is 3. The lowest BCUT2D eigenvalue weighted by atomic mass is 10.0. The molecule has 0 saturated carbocycles. The summed E-state index contributed by atoms with van der Waals surface area (Å²) in [5.41, 5.74) is 3.42. The van der Waals surface area contributed by atoms with Crippen molar-refractivity contribution in [3.8, 4) is 17.2 Å². The fourth-order valence-corrected chi connectivity index (χ4v) is 5.80. The number of likely N-dealkylation sites (tertiary alicyclic amines) is 1. The largest absolute Gasteiger partial charge is 0.507 e. The molecule has 1 heterocycles. The number of benzene rings is 4. The molecule has 4 aromatic rings. The first kappa shape index (κ1) is 34.0. The van der Waals surface area contributed by atoms with E-state index in [1.54, 1.807) is 61.6 Å². The average molecular weight is 651 g/mol. The Labute approximate surface area is 281 Å². The monoisotopic (exact) mass is 650 g/mol. The first-order chi connectivity index (χ1) is 23.1. The van der Waals surface area contributed by atoms with Gasteiger partial charge in [0.1, 0.15) is 23.9 Å². The molecule has 0 radical (unpaired) electrons. The van der Waals surface area contributed by atoms with Crippen LogP contribution in [0.25, 0.3) is 0 Å². The van der Waals surface area contributed by atoms with Crippen LogP contribution < -0.4 is 19.7 Å². The number of carbonyl (C=O) groups is 3. The summed E-state index contributed by atoms with van der Waals surface area (Å²) < 4.78 is 11.5. The van der Waals surface area contributed by atoms with Crippen molar-refractivity contribution < 1.29 is 29.0 Å². The Bertz CT molecular complexity index is 1750. The average Bonchev–Trinajstić information content (AvgIpc) is 3.11. The maximum Gasteiger partial charge on any atom is 0.259 e. The third kappa shape index (κ3) is 8.13. The zero-order valence-electron chi connectivity index (χ0n) is 27.8. The van der Waals surface area contributed by atoms with Crippen molar-refractivity contribution in [1.29, 1.82) is 0 Å². The molecule has 0 atom stereocenters. The number of methoxy groups -OCH3 is 1. The second-order valence-corrected chi connectivity index (χ2v) is 12.1. The Balaban J connectivity index is 1.18. The molecular formula is C38H42N4O6. The van der Waals surface area contributed by atoms with E-state index in [1.807, 2.05) is 29.2 Å². The summed E-state index contributed by atoms with van der Waals surface area (Å²) in [6.45, 7) is 1.87. The van der Waals surface area contributed by atoms with Gasteiger partial charge in [-0.3, -0.25) is 14.4 Å². The van der Waals surface area contributed by atoms with Crippen LogP contribution in [-0.2, 0) is 17.8 Å². The molecule has 1 aliphatic rings. The minimum absolute atomic E-state index is 0.123. The van der Waals surface area contributed by atoms with Gasteiger partial charge in [0.15, 0.2) is 0 Å². The van der Waals surface area contributed by atoms with Crippen LogP contribution in [0.15, 0.2) is 91.0 Å². The van der Waals surface area contributed by atoms with Gasteiger partial charge in [0.2, 0.25) is 5.91 Å². The molecule has 10 heteroatoms. The zero-order valence-corrected chi connectivity index (χ0v) is 27.8. The predicted molar refractivity (Wildman–Crippen MR) is 186 cm³/mol. The molecule has 1 fully saturated rings. The van der Waals surface area contributed by atoms with Gasteiger partial charge in [-0.2, -0.15) is 0 Å². The Kier molecular flexibility index (Phi) is 11.0. The molecule has 5 rings (SSSR count). The highest BCUT2D eigenvalue weighted by molar-refractivity contribution is 6.09. The number of carbonyl (C=O) groups excluding carboxylic acids is 3. The van der Waals surface area contributed by atoms with Crippen LogP contribution in [0, 0.1) is 0 Å². The molecule has 0 bridgehead atoms. The van der Waals surface area contributed by atoms with E-state index in [0.29, 0.717) is 47.5 Å². The van der Waals surface area contributed by atoms with Gasteiger partial charge in [0, 0.05) is 37.4 Å². The number of hydrogen-bond acceptors (Lipinski definition) is 7. The van der Waals surface area contributed by atoms with Crippen molar-refractivity contribution in [2.45, 2.75) is 31.9 Å². The standard InChI is InChI=1S/C38H42N4O6/c1-40(2)29-19-21-42(22-20-29)36(44)24-26-9-5-6-10-28(26)25-48-31-16-14-30(15-17-31)41(3)38(46)27-13-18-33(35(23-27)47-4)39-37(45)32-11-7-8-12-34(32)43/h5-18,23,29,43H,19-22,24-25H2,1-4H3,(H,39,45). The fraction of sp³-hybridized carbons (Fsp3) is 0.289. The summed E-state index contributed by atoms with van der Waals surface area (Å²) in [6.07, 6.45) is 2.32. The summed E-state index contributed by atoms with van der Waals surface area (Å²) in [7, 11) is 7.31. The number of hydrogen-bond donors (Lipinski definition) is 2. The first-order valence-corrected chi connectivity index (χ1v) is 15.9. The number of ether oxygens (including phenoxy) is 2. The smallest absolute Gasteiger partial charge is 0.259 e. The molecule has 0 aromatic heterocycles. The number of para-hydroxylation sites is 1. The molecule has 1 saturated heterocycles. The maximum absolute atomic E-state index is 13.4. The van der Waals surface area contributed by atoms with E-state index < -0.39 is 5.91 Å². The van der Waals surface area contributed by atoms with E-state index in [2.05, 4.69) is 24.3 Å². The van der Waals surface area contributed by atoms with Crippen molar-refractivity contribution in [1.82, 2.24) is 9.80 Å².